The van der Waals surface area contributed by atoms with Crippen LogP contribution in [0.3, 0.4) is 0 Å². The summed E-state index contributed by atoms with van der Waals surface area (Å²) in [6.07, 6.45) is 5.89. The van der Waals surface area contributed by atoms with Crippen LogP contribution >= 0.6 is 0 Å². The molecule has 1 aromatic rings. The van der Waals surface area contributed by atoms with Crippen molar-refractivity contribution in [3.8, 4) is 6.07 Å². The molecule has 20 heavy (non-hydrogen) atoms. The molecule has 1 aliphatic carbocycles. The van der Waals surface area contributed by atoms with Gasteiger partial charge in [-0.1, -0.05) is 30.8 Å². The number of aromatic nitrogens is 2. The maximum atomic E-state index is 9.61. The fourth-order valence-corrected chi connectivity index (χ4v) is 2.72. The van der Waals surface area contributed by atoms with Crippen LogP contribution in [0.5, 0.6) is 0 Å². The molecule has 6 nitrogen and oxygen atoms in total. The summed E-state index contributed by atoms with van der Waals surface area (Å²) in [5.41, 5.74) is -0.460. The van der Waals surface area contributed by atoms with Gasteiger partial charge in [0.15, 0.2) is 0 Å². The fourth-order valence-electron chi connectivity index (χ4n) is 2.72. The maximum absolute atomic E-state index is 9.61. The van der Waals surface area contributed by atoms with Crippen LogP contribution in [-0.2, 0) is 16.8 Å². The minimum atomic E-state index is -0.763. The number of nitrogens with zero attached hydrogens (tertiary/aromatic N) is 3. The molecule has 1 fully saturated rings. The zero-order valence-electron chi connectivity index (χ0n) is 11.8. The van der Waals surface area contributed by atoms with Gasteiger partial charge in [-0.2, -0.15) is 10.2 Å². The molecular formula is C14H21N3O3. The Bertz CT molecular complexity index is 458. The molecule has 0 amide bonds. The van der Waals surface area contributed by atoms with Gasteiger partial charge in [-0.3, -0.25) is 0 Å². The Labute approximate surface area is 118 Å². The molecule has 1 unspecified atom stereocenters. The van der Waals surface area contributed by atoms with Gasteiger partial charge >= 0.3 is 0 Å². The zero-order chi connectivity index (χ0) is 14.4. The first-order chi connectivity index (χ1) is 9.70. The predicted molar refractivity (Wildman–Crippen MR) is 70.6 cm³/mol. The first kappa shape index (κ1) is 14.9. The van der Waals surface area contributed by atoms with Crippen LogP contribution in [0.4, 0.5) is 0 Å². The average molecular weight is 279 g/mol. The molecule has 1 aliphatic rings. The second kappa shape index (κ2) is 6.82. The second-order valence-electron chi connectivity index (χ2n) is 5.34. The van der Waals surface area contributed by atoms with E-state index in [-0.39, 0.29) is 12.8 Å². The van der Waals surface area contributed by atoms with Crippen molar-refractivity contribution in [3.05, 3.63) is 11.7 Å². The lowest BCUT2D eigenvalue weighted by molar-refractivity contribution is -0.0365. The summed E-state index contributed by atoms with van der Waals surface area (Å²) >= 11 is 0. The molecule has 2 rings (SSSR count). The standard InChI is InChI=1S/C14H21N3O3/c1-19-14(7-4-2-3-5-8-14)13-16-12(20-17-13)10-11(18)6-9-15/h11,18H,2-8,10H2,1H3. The summed E-state index contributed by atoms with van der Waals surface area (Å²) in [5.74, 6) is 0.935. The van der Waals surface area contributed by atoms with Crippen molar-refractivity contribution < 1.29 is 14.4 Å². The summed E-state index contributed by atoms with van der Waals surface area (Å²) in [6.45, 7) is 0. The van der Waals surface area contributed by atoms with Crippen molar-refractivity contribution in [2.45, 2.75) is 63.1 Å². The van der Waals surface area contributed by atoms with E-state index in [2.05, 4.69) is 10.1 Å². The third kappa shape index (κ3) is 3.35. The normalized spacial score (nSPS) is 20.1. The lowest BCUT2D eigenvalue weighted by Gasteiger charge is -2.27. The average Bonchev–Trinajstić information content (AvgIpc) is 2.76. The monoisotopic (exact) mass is 279 g/mol. The highest BCUT2D eigenvalue weighted by molar-refractivity contribution is 5.03. The minimum Gasteiger partial charge on any atom is -0.392 e. The molecule has 1 N–H and O–H groups in total. The van der Waals surface area contributed by atoms with Gasteiger partial charge in [-0.05, 0) is 12.8 Å². The first-order valence-electron chi connectivity index (χ1n) is 7.13. The van der Waals surface area contributed by atoms with Crippen LogP contribution in [0.2, 0.25) is 0 Å². The van der Waals surface area contributed by atoms with Crippen LogP contribution in [0.1, 0.15) is 56.7 Å². The molecule has 1 aromatic heterocycles. The quantitative estimate of drug-likeness (QED) is 0.830. The Balaban J connectivity index is 2.11. The van der Waals surface area contributed by atoms with Gasteiger partial charge in [-0.15, -0.1) is 0 Å². The van der Waals surface area contributed by atoms with E-state index >= 15 is 0 Å². The highest BCUT2D eigenvalue weighted by Crippen LogP contribution is 2.37. The molecule has 1 saturated carbocycles. The first-order valence-corrected chi connectivity index (χ1v) is 7.13. The van der Waals surface area contributed by atoms with E-state index in [1.54, 1.807) is 7.11 Å². The van der Waals surface area contributed by atoms with E-state index < -0.39 is 11.7 Å². The van der Waals surface area contributed by atoms with Gasteiger partial charge in [0.2, 0.25) is 11.7 Å². The largest absolute Gasteiger partial charge is 0.392 e. The van der Waals surface area contributed by atoms with Gasteiger partial charge in [0.25, 0.3) is 0 Å². The van der Waals surface area contributed by atoms with Gasteiger partial charge in [-0.25, -0.2) is 0 Å². The van der Waals surface area contributed by atoms with E-state index in [0.29, 0.717) is 11.7 Å². The minimum absolute atomic E-state index is 0.0626. The van der Waals surface area contributed by atoms with Crippen LogP contribution in [0.25, 0.3) is 0 Å². The molecule has 0 aliphatic heterocycles. The Morgan fingerprint density at radius 3 is 2.70 bits per heavy atom. The maximum Gasteiger partial charge on any atom is 0.229 e. The molecule has 0 spiro atoms. The number of methoxy groups -OCH3 is 1. The molecule has 0 radical (unpaired) electrons. The van der Waals surface area contributed by atoms with Crippen molar-refractivity contribution in [3.63, 3.8) is 0 Å². The molecule has 110 valence electrons. The van der Waals surface area contributed by atoms with E-state index in [4.69, 9.17) is 14.5 Å². The van der Waals surface area contributed by atoms with Crippen LogP contribution < -0.4 is 0 Å². The van der Waals surface area contributed by atoms with Crippen molar-refractivity contribution >= 4 is 0 Å². The molecule has 0 saturated heterocycles. The van der Waals surface area contributed by atoms with Crippen molar-refractivity contribution in [1.82, 2.24) is 10.1 Å². The number of aliphatic hydroxyl groups excluding tert-OH is 1. The van der Waals surface area contributed by atoms with E-state index in [1.807, 2.05) is 6.07 Å². The fraction of sp³-hybridized carbons (Fsp3) is 0.786. The molecule has 1 atom stereocenters. The number of rotatable bonds is 5. The molecule has 1 heterocycles. The predicted octanol–water partition coefficient (Wildman–Crippen LogP) is 2.08. The molecular weight excluding hydrogens is 258 g/mol. The highest BCUT2D eigenvalue weighted by Gasteiger charge is 2.37. The molecule has 6 heteroatoms. The van der Waals surface area contributed by atoms with Gasteiger partial charge in [0, 0.05) is 7.11 Å². The van der Waals surface area contributed by atoms with E-state index in [9.17, 15) is 5.11 Å². The summed E-state index contributed by atoms with van der Waals surface area (Å²) in [7, 11) is 1.69. The zero-order valence-corrected chi connectivity index (χ0v) is 11.8. The number of ether oxygens (including phenoxy) is 1. The van der Waals surface area contributed by atoms with Crippen LogP contribution in [-0.4, -0.2) is 28.5 Å². The van der Waals surface area contributed by atoms with Crippen molar-refractivity contribution in [2.75, 3.05) is 7.11 Å². The van der Waals surface area contributed by atoms with Gasteiger partial charge in [0.05, 0.1) is 25.0 Å². The third-order valence-electron chi connectivity index (χ3n) is 3.91. The van der Waals surface area contributed by atoms with Gasteiger partial charge < -0.3 is 14.4 Å². The SMILES string of the molecule is COC1(c2noc(CC(O)CC#N)n2)CCCCCC1. The van der Waals surface area contributed by atoms with Crippen LogP contribution in [0, 0.1) is 11.3 Å². The summed E-state index contributed by atoms with van der Waals surface area (Å²) in [6, 6.07) is 1.92. The summed E-state index contributed by atoms with van der Waals surface area (Å²) in [5, 5.41) is 22.2. The van der Waals surface area contributed by atoms with Crippen LogP contribution in [0.15, 0.2) is 4.52 Å². The van der Waals surface area contributed by atoms with Crippen molar-refractivity contribution in [1.29, 1.82) is 5.26 Å². The topological polar surface area (TPSA) is 92.2 Å². The third-order valence-corrected chi connectivity index (χ3v) is 3.91. The summed E-state index contributed by atoms with van der Waals surface area (Å²) < 4.78 is 10.9. The number of aliphatic hydroxyl groups is 1. The lowest BCUT2D eigenvalue weighted by Crippen LogP contribution is -2.29. The Kier molecular flexibility index (Phi) is 5.10. The second-order valence-corrected chi connectivity index (χ2v) is 5.34. The smallest absolute Gasteiger partial charge is 0.229 e. The Hall–Kier alpha value is -1.45. The summed E-state index contributed by atoms with van der Waals surface area (Å²) in [4.78, 5) is 4.37. The highest BCUT2D eigenvalue weighted by atomic mass is 16.5. The van der Waals surface area contributed by atoms with Gasteiger partial charge in [0.1, 0.15) is 5.60 Å². The van der Waals surface area contributed by atoms with E-state index in [1.165, 1.54) is 12.8 Å². The molecule has 0 aromatic carbocycles. The van der Waals surface area contributed by atoms with Crippen molar-refractivity contribution in [2.24, 2.45) is 0 Å². The number of hydrogen-bond donors (Lipinski definition) is 1. The number of nitriles is 1. The Morgan fingerprint density at radius 1 is 1.40 bits per heavy atom. The Morgan fingerprint density at radius 2 is 2.10 bits per heavy atom. The number of hydrogen-bond acceptors (Lipinski definition) is 6. The molecule has 0 bridgehead atoms. The lowest BCUT2D eigenvalue weighted by atomic mass is 9.93. The van der Waals surface area contributed by atoms with E-state index in [0.717, 1.165) is 25.7 Å².